The number of hydrogen-bond acceptors (Lipinski definition) is 5. The van der Waals surface area contributed by atoms with Crippen LogP contribution in [0.2, 0.25) is 0 Å². The van der Waals surface area contributed by atoms with Crippen LogP contribution in [0.15, 0.2) is 35.6 Å². The van der Waals surface area contributed by atoms with Crippen LogP contribution in [0.5, 0.6) is 5.75 Å². The molecule has 0 amide bonds. The number of aromatic nitrogens is 3. The molecule has 2 N–H and O–H groups in total. The number of methoxy groups -OCH3 is 1. The van der Waals surface area contributed by atoms with Crippen molar-refractivity contribution in [3.05, 3.63) is 42.0 Å². The first-order valence-corrected chi connectivity index (χ1v) is 11.5. The van der Waals surface area contributed by atoms with E-state index in [1.807, 2.05) is 12.1 Å². The predicted octanol–water partition coefficient (Wildman–Crippen LogP) is 2.46. The molecular formula is C23H37N7O. The van der Waals surface area contributed by atoms with Crippen molar-refractivity contribution in [1.29, 1.82) is 0 Å². The number of ether oxygens (including phenoxy) is 1. The van der Waals surface area contributed by atoms with Crippen molar-refractivity contribution in [2.75, 3.05) is 33.3 Å². The van der Waals surface area contributed by atoms with E-state index >= 15 is 0 Å². The summed E-state index contributed by atoms with van der Waals surface area (Å²) in [7, 11) is 1.69. The summed E-state index contributed by atoms with van der Waals surface area (Å²) in [6, 6.07) is 8.54. The molecule has 0 bridgehead atoms. The maximum atomic E-state index is 5.25. The van der Waals surface area contributed by atoms with Crippen molar-refractivity contribution in [3.8, 4) is 5.75 Å². The van der Waals surface area contributed by atoms with E-state index in [1.54, 1.807) is 13.4 Å². The van der Waals surface area contributed by atoms with Gasteiger partial charge in [0.25, 0.3) is 0 Å². The van der Waals surface area contributed by atoms with Gasteiger partial charge in [-0.1, -0.05) is 26.0 Å². The van der Waals surface area contributed by atoms with Crippen LogP contribution in [0, 0.1) is 0 Å². The minimum absolute atomic E-state index is 0.455. The highest BCUT2D eigenvalue weighted by molar-refractivity contribution is 5.80. The zero-order chi connectivity index (χ0) is 21.9. The third-order valence-electron chi connectivity index (χ3n) is 5.70. The lowest BCUT2D eigenvalue weighted by atomic mass is 10.1. The van der Waals surface area contributed by atoms with E-state index in [0.717, 1.165) is 68.5 Å². The summed E-state index contributed by atoms with van der Waals surface area (Å²) in [5.41, 5.74) is 1.16. The lowest BCUT2D eigenvalue weighted by Crippen LogP contribution is -2.49. The SMILES string of the molecule is CCCN1CCC(NC(=NCc2ccc(OC)cc2)NCCn2cnnc2CC)CC1. The van der Waals surface area contributed by atoms with Crippen molar-refractivity contribution < 1.29 is 4.74 Å². The molecule has 0 spiro atoms. The van der Waals surface area contributed by atoms with E-state index in [9.17, 15) is 0 Å². The van der Waals surface area contributed by atoms with Crippen molar-refractivity contribution in [3.63, 3.8) is 0 Å². The van der Waals surface area contributed by atoms with Crippen LogP contribution in [0.3, 0.4) is 0 Å². The third kappa shape index (κ3) is 7.24. The molecule has 1 fully saturated rings. The minimum atomic E-state index is 0.455. The molecule has 1 aromatic heterocycles. The van der Waals surface area contributed by atoms with Crippen molar-refractivity contribution in [2.24, 2.45) is 4.99 Å². The largest absolute Gasteiger partial charge is 0.497 e. The Morgan fingerprint density at radius 2 is 1.94 bits per heavy atom. The number of aryl methyl sites for hydroxylation is 1. The Labute approximate surface area is 186 Å². The molecule has 1 aromatic carbocycles. The molecule has 1 saturated heterocycles. The maximum Gasteiger partial charge on any atom is 0.191 e. The second kappa shape index (κ2) is 12.3. The van der Waals surface area contributed by atoms with E-state index in [0.29, 0.717) is 12.6 Å². The summed E-state index contributed by atoms with van der Waals surface area (Å²) in [6.45, 7) is 10.1. The Balaban J connectivity index is 1.58. The van der Waals surface area contributed by atoms with E-state index in [4.69, 9.17) is 9.73 Å². The van der Waals surface area contributed by atoms with Gasteiger partial charge in [0.1, 0.15) is 17.9 Å². The molecule has 1 aliphatic rings. The Morgan fingerprint density at radius 3 is 2.61 bits per heavy atom. The minimum Gasteiger partial charge on any atom is -0.497 e. The van der Waals surface area contributed by atoms with Crippen LogP contribution in [-0.4, -0.2) is 65.0 Å². The average Bonchev–Trinajstić information content (AvgIpc) is 3.26. The number of benzene rings is 1. The number of nitrogens with zero attached hydrogens (tertiary/aromatic N) is 5. The number of piperidine rings is 1. The molecular weight excluding hydrogens is 390 g/mol. The fourth-order valence-electron chi connectivity index (χ4n) is 3.90. The quantitative estimate of drug-likeness (QED) is 0.448. The zero-order valence-corrected chi connectivity index (χ0v) is 19.2. The molecule has 1 aliphatic heterocycles. The Morgan fingerprint density at radius 1 is 1.16 bits per heavy atom. The number of likely N-dealkylation sites (tertiary alicyclic amines) is 1. The predicted molar refractivity (Wildman–Crippen MR) is 124 cm³/mol. The first-order valence-electron chi connectivity index (χ1n) is 11.5. The molecule has 2 heterocycles. The molecule has 0 aliphatic carbocycles. The number of guanidine groups is 1. The van der Waals surface area contributed by atoms with Gasteiger partial charge in [-0.2, -0.15) is 0 Å². The van der Waals surface area contributed by atoms with Gasteiger partial charge in [0, 0.05) is 38.6 Å². The summed E-state index contributed by atoms with van der Waals surface area (Å²) in [5.74, 6) is 2.74. The Bertz CT molecular complexity index is 795. The highest BCUT2D eigenvalue weighted by Gasteiger charge is 2.19. The van der Waals surface area contributed by atoms with Crippen LogP contribution in [0.4, 0.5) is 0 Å². The first-order chi connectivity index (χ1) is 15.2. The molecule has 170 valence electrons. The summed E-state index contributed by atoms with van der Waals surface area (Å²) in [4.78, 5) is 7.41. The summed E-state index contributed by atoms with van der Waals surface area (Å²) >= 11 is 0. The van der Waals surface area contributed by atoms with E-state index in [-0.39, 0.29) is 0 Å². The lowest BCUT2D eigenvalue weighted by molar-refractivity contribution is 0.206. The van der Waals surface area contributed by atoms with Crippen molar-refractivity contribution in [2.45, 2.75) is 58.7 Å². The van der Waals surface area contributed by atoms with Crippen LogP contribution in [-0.2, 0) is 19.5 Å². The standard InChI is InChI=1S/C23H37N7O/c1-4-13-29-14-10-20(11-15-29)27-23(24-12-16-30-18-26-28-22(30)5-2)25-17-19-6-8-21(31-3)9-7-19/h6-9,18,20H,4-5,10-17H2,1-3H3,(H2,24,25,27). The van der Waals surface area contributed by atoms with Gasteiger partial charge in [-0.25, -0.2) is 4.99 Å². The molecule has 8 nitrogen and oxygen atoms in total. The molecule has 0 saturated carbocycles. The Hall–Kier alpha value is -2.61. The Kier molecular flexibility index (Phi) is 9.15. The van der Waals surface area contributed by atoms with Crippen molar-refractivity contribution >= 4 is 5.96 Å². The fraction of sp³-hybridized carbons (Fsp3) is 0.609. The maximum absolute atomic E-state index is 5.25. The molecule has 8 heteroatoms. The van der Waals surface area contributed by atoms with Gasteiger partial charge in [0.15, 0.2) is 5.96 Å². The smallest absolute Gasteiger partial charge is 0.191 e. The van der Waals surface area contributed by atoms with Gasteiger partial charge in [-0.05, 0) is 43.5 Å². The van der Waals surface area contributed by atoms with Gasteiger partial charge in [0.05, 0.1) is 13.7 Å². The van der Waals surface area contributed by atoms with E-state index < -0.39 is 0 Å². The van der Waals surface area contributed by atoms with Crippen molar-refractivity contribution in [1.82, 2.24) is 30.3 Å². The third-order valence-corrected chi connectivity index (χ3v) is 5.70. The van der Waals surface area contributed by atoms with Gasteiger partial charge >= 0.3 is 0 Å². The van der Waals surface area contributed by atoms with Crippen LogP contribution >= 0.6 is 0 Å². The topological polar surface area (TPSA) is 79.6 Å². The van der Waals surface area contributed by atoms with E-state index in [2.05, 4.69) is 56.3 Å². The van der Waals surface area contributed by atoms with Crippen LogP contribution in [0.1, 0.15) is 44.5 Å². The number of nitrogens with one attached hydrogen (secondary N) is 2. The number of hydrogen-bond donors (Lipinski definition) is 2. The molecule has 0 atom stereocenters. The second-order valence-corrected chi connectivity index (χ2v) is 7.99. The number of rotatable bonds is 10. The second-order valence-electron chi connectivity index (χ2n) is 7.99. The molecule has 0 radical (unpaired) electrons. The first kappa shape index (κ1) is 23.1. The summed E-state index contributed by atoms with van der Waals surface area (Å²) in [6.07, 6.45) is 6.19. The highest BCUT2D eigenvalue weighted by atomic mass is 16.5. The van der Waals surface area contributed by atoms with Gasteiger partial charge < -0.3 is 24.8 Å². The fourth-order valence-corrected chi connectivity index (χ4v) is 3.90. The summed E-state index contributed by atoms with van der Waals surface area (Å²) < 4.78 is 7.35. The molecule has 0 unspecified atom stereocenters. The summed E-state index contributed by atoms with van der Waals surface area (Å²) in [5, 5.41) is 15.4. The molecule has 31 heavy (non-hydrogen) atoms. The monoisotopic (exact) mass is 427 g/mol. The zero-order valence-electron chi connectivity index (χ0n) is 19.2. The molecule has 3 rings (SSSR count). The lowest BCUT2D eigenvalue weighted by Gasteiger charge is -2.33. The van der Waals surface area contributed by atoms with Gasteiger partial charge in [0.2, 0.25) is 0 Å². The van der Waals surface area contributed by atoms with Crippen LogP contribution in [0.25, 0.3) is 0 Å². The van der Waals surface area contributed by atoms with Crippen LogP contribution < -0.4 is 15.4 Å². The normalized spacial score (nSPS) is 15.8. The average molecular weight is 428 g/mol. The molecule has 2 aromatic rings. The van der Waals surface area contributed by atoms with Gasteiger partial charge in [-0.3, -0.25) is 0 Å². The highest BCUT2D eigenvalue weighted by Crippen LogP contribution is 2.13. The van der Waals surface area contributed by atoms with E-state index in [1.165, 1.54) is 13.0 Å². The number of aliphatic imine (C=N–C) groups is 1. The van der Waals surface area contributed by atoms with Gasteiger partial charge in [-0.15, -0.1) is 10.2 Å².